The first-order valence-corrected chi connectivity index (χ1v) is 6.45. The van der Waals surface area contributed by atoms with Gasteiger partial charge in [-0.25, -0.2) is 4.79 Å². The van der Waals surface area contributed by atoms with E-state index in [1.165, 1.54) is 12.3 Å². The maximum Gasteiger partial charge on any atom is 0.330 e. The van der Waals surface area contributed by atoms with Crippen LogP contribution in [0.1, 0.15) is 6.23 Å². The number of aromatic nitrogens is 2. The van der Waals surface area contributed by atoms with E-state index in [4.69, 9.17) is 22.8 Å². The molecule has 1 fully saturated rings. The number of hydrogen-bond donors (Lipinski definition) is 3. The van der Waals surface area contributed by atoms with Crippen LogP contribution in [0.4, 0.5) is 0 Å². The summed E-state index contributed by atoms with van der Waals surface area (Å²) in [6.45, 7) is -0.633. The van der Waals surface area contributed by atoms with Crippen LogP contribution in [-0.4, -0.2) is 38.1 Å². The quantitative estimate of drug-likeness (QED) is 0.631. The lowest BCUT2D eigenvalue weighted by atomic mass is 9.91. The number of nitrogens with zero attached hydrogens (tertiary/aromatic N) is 1. The minimum atomic E-state index is -1.65. The van der Waals surface area contributed by atoms with Crippen molar-refractivity contribution in [3.8, 4) is 12.3 Å². The van der Waals surface area contributed by atoms with Crippen molar-refractivity contribution >= 4 is 11.6 Å². The summed E-state index contributed by atoms with van der Waals surface area (Å²) in [5.74, 6) is 1.44. The van der Waals surface area contributed by atoms with Crippen molar-refractivity contribution in [2.75, 3.05) is 6.61 Å². The van der Waals surface area contributed by atoms with E-state index in [-0.39, 0.29) is 0 Å². The third-order valence-electron chi connectivity index (χ3n) is 3.40. The molecule has 0 radical (unpaired) electrons. The Kier molecular flexibility index (Phi) is 4.34. The number of hydrogen-bond acceptors (Lipinski definition) is 5. The SMILES string of the molecule is C#C[C@]1(CO)O[C@@H](n2ccc(=O)[nH]c2=O)[C@@H](C=CCl)[C@@H]1O. The van der Waals surface area contributed by atoms with Gasteiger partial charge in [-0.1, -0.05) is 23.6 Å². The molecule has 21 heavy (non-hydrogen) atoms. The molecule has 112 valence electrons. The van der Waals surface area contributed by atoms with Crippen LogP contribution >= 0.6 is 11.6 Å². The second-order valence-corrected chi connectivity index (χ2v) is 4.81. The summed E-state index contributed by atoms with van der Waals surface area (Å²) in [5.41, 5.74) is -1.78. The number of aromatic amines is 1. The molecule has 1 aliphatic heterocycles. The zero-order valence-electron chi connectivity index (χ0n) is 10.8. The van der Waals surface area contributed by atoms with Gasteiger partial charge in [-0.3, -0.25) is 14.3 Å². The highest BCUT2D eigenvalue weighted by molar-refractivity contribution is 6.25. The average molecular weight is 313 g/mol. The van der Waals surface area contributed by atoms with Gasteiger partial charge in [0.05, 0.1) is 12.5 Å². The molecule has 1 aromatic rings. The van der Waals surface area contributed by atoms with Gasteiger partial charge in [-0.15, -0.1) is 6.42 Å². The molecule has 7 nitrogen and oxygen atoms in total. The zero-order valence-corrected chi connectivity index (χ0v) is 11.5. The Balaban J connectivity index is 2.54. The molecule has 0 bridgehead atoms. The molecule has 0 saturated carbocycles. The summed E-state index contributed by atoms with van der Waals surface area (Å²) in [4.78, 5) is 25.0. The fraction of sp³-hybridized carbons (Fsp3) is 0.385. The lowest BCUT2D eigenvalue weighted by Crippen LogP contribution is -2.43. The third-order valence-corrected chi connectivity index (χ3v) is 3.55. The van der Waals surface area contributed by atoms with Gasteiger partial charge in [0.2, 0.25) is 0 Å². The van der Waals surface area contributed by atoms with Crippen molar-refractivity contribution in [2.45, 2.75) is 17.9 Å². The van der Waals surface area contributed by atoms with Gasteiger partial charge < -0.3 is 14.9 Å². The second-order valence-electron chi connectivity index (χ2n) is 4.56. The van der Waals surface area contributed by atoms with Gasteiger partial charge in [-0.05, 0) is 0 Å². The largest absolute Gasteiger partial charge is 0.392 e. The summed E-state index contributed by atoms with van der Waals surface area (Å²) in [5, 5.41) is 19.7. The maximum atomic E-state index is 11.8. The predicted octanol–water partition coefficient (Wildman–Crippen LogP) is -0.841. The molecule has 8 heteroatoms. The van der Waals surface area contributed by atoms with Crippen molar-refractivity contribution in [3.63, 3.8) is 0 Å². The molecular formula is C13H13ClN2O5. The first kappa shape index (κ1) is 15.5. The number of aliphatic hydroxyl groups is 2. The highest BCUT2D eigenvalue weighted by Crippen LogP contribution is 2.41. The molecule has 1 aliphatic rings. The molecule has 2 rings (SSSR count). The Morgan fingerprint density at radius 3 is 2.86 bits per heavy atom. The fourth-order valence-electron chi connectivity index (χ4n) is 2.28. The van der Waals surface area contributed by atoms with E-state index in [2.05, 4.69) is 10.9 Å². The van der Waals surface area contributed by atoms with Crippen molar-refractivity contribution < 1.29 is 14.9 Å². The Hall–Kier alpha value is -1.85. The monoisotopic (exact) mass is 312 g/mol. The van der Waals surface area contributed by atoms with E-state index < -0.39 is 41.7 Å². The van der Waals surface area contributed by atoms with Crippen molar-refractivity contribution in [3.05, 3.63) is 44.7 Å². The van der Waals surface area contributed by atoms with Gasteiger partial charge >= 0.3 is 5.69 Å². The predicted molar refractivity (Wildman–Crippen MR) is 74.6 cm³/mol. The number of ether oxygens (including phenoxy) is 1. The van der Waals surface area contributed by atoms with Gasteiger partial charge in [0.1, 0.15) is 12.3 Å². The topological polar surface area (TPSA) is 105 Å². The maximum absolute atomic E-state index is 11.8. The lowest BCUT2D eigenvalue weighted by Gasteiger charge is -2.23. The van der Waals surface area contributed by atoms with Gasteiger partial charge in [-0.2, -0.15) is 0 Å². The summed E-state index contributed by atoms with van der Waals surface area (Å²) in [6, 6.07) is 1.13. The number of halogens is 1. The number of nitrogens with one attached hydrogen (secondary N) is 1. The van der Waals surface area contributed by atoms with Crippen LogP contribution in [-0.2, 0) is 4.74 Å². The Labute approximate surface area is 124 Å². The first-order chi connectivity index (χ1) is 9.99. The molecule has 0 aromatic carbocycles. The Morgan fingerprint density at radius 2 is 2.33 bits per heavy atom. The molecule has 1 saturated heterocycles. The minimum absolute atomic E-state index is 0.565. The molecule has 0 aliphatic carbocycles. The molecule has 0 spiro atoms. The molecular weight excluding hydrogens is 300 g/mol. The fourth-order valence-corrected chi connectivity index (χ4v) is 2.45. The smallest absolute Gasteiger partial charge is 0.330 e. The standard InChI is InChI=1S/C13H13ClN2O5/c1-2-13(7-17)10(19)8(3-5-14)11(21-13)16-6-4-9(18)15-12(16)20/h1,3-6,8,10-11,17,19H,7H2,(H,15,18,20)/t8-,10-,11+,13+/m0/s1. The van der Waals surface area contributed by atoms with E-state index in [1.807, 2.05) is 0 Å². The number of rotatable bonds is 3. The van der Waals surface area contributed by atoms with Crippen LogP contribution in [0.5, 0.6) is 0 Å². The van der Waals surface area contributed by atoms with E-state index in [9.17, 15) is 19.8 Å². The van der Waals surface area contributed by atoms with Crippen LogP contribution in [0.3, 0.4) is 0 Å². The minimum Gasteiger partial charge on any atom is -0.392 e. The van der Waals surface area contributed by atoms with Crippen LogP contribution in [0.15, 0.2) is 33.5 Å². The normalized spacial score (nSPS) is 32.4. The molecule has 0 amide bonds. The summed E-state index contributed by atoms with van der Waals surface area (Å²) in [7, 11) is 0. The molecule has 1 aromatic heterocycles. The molecule has 4 atom stereocenters. The summed E-state index contributed by atoms with van der Waals surface area (Å²) in [6.07, 6.45) is 5.68. The van der Waals surface area contributed by atoms with Crippen LogP contribution < -0.4 is 11.2 Å². The van der Waals surface area contributed by atoms with E-state index in [1.54, 1.807) is 0 Å². The molecule has 2 heterocycles. The van der Waals surface area contributed by atoms with Gasteiger partial charge in [0.15, 0.2) is 5.60 Å². The summed E-state index contributed by atoms with van der Waals surface area (Å²) >= 11 is 5.54. The van der Waals surface area contributed by atoms with Crippen LogP contribution in [0.25, 0.3) is 0 Å². The summed E-state index contributed by atoms with van der Waals surface area (Å²) < 4.78 is 6.60. The van der Waals surface area contributed by atoms with Crippen LogP contribution in [0.2, 0.25) is 0 Å². The Morgan fingerprint density at radius 1 is 1.62 bits per heavy atom. The Bertz CT molecular complexity index is 703. The van der Waals surface area contributed by atoms with E-state index in [0.29, 0.717) is 0 Å². The molecule has 3 N–H and O–H groups in total. The van der Waals surface area contributed by atoms with Crippen molar-refractivity contribution in [1.29, 1.82) is 0 Å². The number of terminal acetylenes is 1. The first-order valence-electron chi connectivity index (χ1n) is 6.02. The van der Waals surface area contributed by atoms with Gasteiger partial charge in [0, 0.05) is 17.8 Å². The van der Waals surface area contributed by atoms with Crippen LogP contribution in [0, 0.1) is 18.3 Å². The highest BCUT2D eigenvalue weighted by atomic mass is 35.5. The van der Waals surface area contributed by atoms with E-state index >= 15 is 0 Å². The van der Waals surface area contributed by atoms with Crippen molar-refractivity contribution in [2.24, 2.45) is 5.92 Å². The lowest BCUT2D eigenvalue weighted by molar-refractivity contribution is -0.0917. The number of H-pyrrole nitrogens is 1. The zero-order chi connectivity index (χ0) is 15.6. The molecule has 0 unspecified atom stereocenters. The van der Waals surface area contributed by atoms with E-state index in [0.717, 1.165) is 16.2 Å². The highest BCUT2D eigenvalue weighted by Gasteiger charge is 2.53. The second kappa shape index (κ2) is 5.87. The third kappa shape index (κ3) is 2.54. The number of aliphatic hydroxyl groups excluding tert-OH is 2. The van der Waals surface area contributed by atoms with Gasteiger partial charge in [0.25, 0.3) is 5.56 Å². The average Bonchev–Trinajstić information content (AvgIpc) is 2.74. The van der Waals surface area contributed by atoms with Crippen molar-refractivity contribution in [1.82, 2.24) is 9.55 Å².